The Morgan fingerprint density at radius 1 is 1.13 bits per heavy atom. The predicted octanol–water partition coefficient (Wildman–Crippen LogP) is 3.85. The third kappa shape index (κ3) is 3.93. The summed E-state index contributed by atoms with van der Waals surface area (Å²) in [5.74, 6) is -1.01. The summed E-state index contributed by atoms with van der Waals surface area (Å²) in [7, 11) is -3.95. The van der Waals surface area contributed by atoms with Crippen LogP contribution in [0.4, 0.5) is 5.69 Å². The number of carbonyl (C=O) groups excluding carboxylic acids is 1. The summed E-state index contributed by atoms with van der Waals surface area (Å²) in [6.07, 6.45) is 1.14. The Morgan fingerprint density at radius 3 is 2.61 bits per heavy atom. The number of amides is 1. The van der Waals surface area contributed by atoms with E-state index in [4.69, 9.17) is 16.7 Å². The Hall–Kier alpha value is -2.84. The van der Waals surface area contributed by atoms with Crippen LogP contribution in [0.15, 0.2) is 47.4 Å². The Morgan fingerprint density at radius 2 is 1.90 bits per heavy atom. The molecule has 162 valence electrons. The van der Waals surface area contributed by atoms with Crippen LogP contribution in [0, 0.1) is 0 Å². The van der Waals surface area contributed by atoms with Crippen molar-refractivity contribution in [2.24, 2.45) is 0 Å². The van der Waals surface area contributed by atoms with Crippen molar-refractivity contribution in [3.05, 3.63) is 58.7 Å². The number of benzene rings is 2. The van der Waals surface area contributed by atoms with Crippen LogP contribution in [0.1, 0.15) is 31.0 Å². The summed E-state index contributed by atoms with van der Waals surface area (Å²) in [4.78, 5) is 24.5. The normalized spacial score (nSPS) is 13.5. The van der Waals surface area contributed by atoms with Gasteiger partial charge in [0, 0.05) is 41.7 Å². The number of carboxylic acids is 1. The number of aromatic nitrogens is 1. The van der Waals surface area contributed by atoms with E-state index in [2.05, 4.69) is 0 Å². The Bertz CT molecular complexity index is 1310. The van der Waals surface area contributed by atoms with Gasteiger partial charge in [-0.25, -0.2) is 12.4 Å². The molecule has 2 heterocycles. The lowest BCUT2D eigenvalue weighted by molar-refractivity contribution is -0.137. The van der Waals surface area contributed by atoms with Crippen molar-refractivity contribution in [1.29, 1.82) is 0 Å². The van der Waals surface area contributed by atoms with Crippen LogP contribution in [0.5, 0.6) is 0 Å². The fourth-order valence-electron chi connectivity index (χ4n) is 4.07. The average molecular weight is 461 g/mol. The van der Waals surface area contributed by atoms with Crippen molar-refractivity contribution < 1.29 is 23.1 Å². The van der Waals surface area contributed by atoms with Gasteiger partial charge in [-0.15, -0.1) is 0 Å². The summed E-state index contributed by atoms with van der Waals surface area (Å²) < 4.78 is 28.6. The van der Waals surface area contributed by atoms with E-state index in [1.165, 1.54) is 17.0 Å². The largest absolute Gasteiger partial charge is 0.481 e. The molecule has 1 N–H and O–H groups in total. The van der Waals surface area contributed by atoms with Crippen molar-refractivity contribution in [3.63, 3.8) is 0 Å². The van der Waals surface area contributed by atoms with Crippen LogP contribution in [0.25, 0.3) is 10.9 Å². The molecule has 0 aliphatic carbocycles. The zero-order valence-corrected chi connectivity index (χ0v) is 18.4. The van der Waals surface area contributed by atoms with Crippen LogP contribution in [-0.2, 0) is 32.5 Å². The molecule has 31 heavy (non-hydrogen) atoms. The highest BCUT2D eigenvalue weighted by Crippen LogP contribution is 2.33. The number of halogens is 1. The van der Waals surface area contributed by atoms with E-state index in [-0.39, 0.29) is 17.2 Å². The molecular formula is C22H21ClN2O5S. The van der Waals surface area contributed by atoms with E-state index in [1.807, 2.05) is 0 Å². The molecule has 1 aliphatic rings. The third-order valence-corrected chi connectivity index (χ3v) is 7.48. The number of fused-ring (bicyclic) bond motifs is 2. The zero-order valence-electron chi connectivity index (χ0n) is 16.8. The number of anilines is 1. The first-order valence-electron chi connectivity index (χ1n) is 9.87. The minimum Gasteiger partial charge on any atom is -0.481 e. The minimum atomic E-state index is -3.95. The maximum atomic E-state index is 13.7. The standard InChI is InChI=1S/C22H21ClN2O5S/c1-14(26)24-10-9-15-13-19(6-8-20(15)24)31(29,30)25-18(3-2-4-22(27)28)12-16-11-17(23)5-7-21(16)25/h5-8,11-13H,2-4,9-10H2,1H3,(H,27,28). The molecule has 1 aliphatic heterocycles. The molecular weight excluding hydrogens is 440 g/mol. The van der Waals surface area contributed by atoms with E-state index in [1.54, 1.807) is 41.3 Å². The van der Waals surface area contributed by atoms with Gasteiger partial charge in [-0.05, 0) is 67.3 Å². The smallest absolute Gasteiger partial charge is 0.303 e. The number of hydrogen-bond acceptors (Lipinski definition) is 4. The lowest BCUT2D eigenvalue weighted by Crippen LogP contribution is -2.25. The summed E-state index contributed by atoms with van der Waals surface area (Å²) in [6.45, 7) is 2.01. The van der Waals surface area contributed by atoms with Gasteiger partial charge in [0.2, 0.25) is 5.91 Å². The average Bonchev–Trinajstić information content (AvgIpc) is 3.28. The van der Waals surface area contributed by atoms with Gasteiger partial charge in [0.15, 0.2) is 0 Å². The molecule has 1 aromatic heterocycles. The Labute approximate surface area is 184 Å². The molecule has 7 nitrogen and oxygen atoms in total. The van der Waals surface area contributed by atoms with E-state index in [0.717, 1.165) is 11.3 Å². The van der Waals surface area contributed by atoms with Gasteiger partial charge >= 0.3 is 5.97 Å². The van der Waals surface area contributed by atoms with Crippen LogP contribution in [-0.4, -0.2) is 35.9 Å². The molecule has 9 heteroatoms. The number of hydrogen-bond donors (Lipinski definition) is 1. The number of carboxylic acid groups (broad SMARTS) is 1. The SMILES string of the molecule is CC(=O)N1CCc2cc(S(=O)(=O)n3c(CCCC(=O)O)cc4cc(Cl)ccc43)ccc21. The highest BCUT2D eigenvalue weighted by molar-refractivity contribution is 7.90. The maximum absolute atomic E-state index is 13.7. The lowest BCUT2D eigenvalue weighted by Gasteiger charge is -2.16. The molecule has 0 unspecified atom stereocenters. The second kappa shape index (κ2) is 8.01. The molecule has 0 atom stereocenters. The first-order valence-corrected chi connectivity index (χ1v) is 11.7. The first-order chi connectivity index (χ1) is 14.7. The fraction of sp³-hybridized carbons (Fsp3) is 0.273. The number of nitrogens with zero attached hydrogens (tertiary/aromatic N) is 2. The van der Waals surface area contributed by atoms with Crippen molar-refractivity contribution >= 4 is 50.1 Å². The van der Waals surface area contributed by atoms with Crippen molar-refractivity contribution in [1.82, 2.24) is 3.97 Å². The van der Waals surface area contributed by atoms with Crippen LogP contribution < -0.4 is 4.90 Å². The molecule has 1 amide bonds. The number of carbonyl (C=O) groups is 2. The van der Waals surface area contributed by atoms with Crippen molar-refractivity contribution in [3.8, 4) is 0 Å². The van der Waals surface area contributed by atoms with Gasteiger partial charge in [0.25, 0.3) is 10.0 Å². The molecule has 0 saturated heterocycles. The minimum absolute atomic E-state index is 0.0535. The van der Waals surface area contributed by atoms with Crippen LogP contribution >= 0.6 is 11.6 Å². The predicted molar refractivity (Wildman–Crippen MR) is 118 cm³/mol. The Kier molecular flexibility index (Phi) is 5.53. The van der Waals surface area contributed by atoms with Gasteiger partial charge in [0.05, 0.1) is 10.4 Å². The lowest BCUT2D eigenvalue weighted by atomic mass is 10.2. The topological polar surface area (TPSA) is 96.7 Å². The zero-order chi connectivity index (χ0) is 22.3. The van der Waals surface area contributed by atoms with Crippen molar-refractivity contribution in [2.45, 2.75) is 37.5 Å². The summed E-state index contributed by atoms with van der Waals surface area (Å²) in [5, 5.41) is 10.1. The van der Waals surface area contributed by atoms with Gasteiger partial charge in [-0.2, -0.15) is 0 Å². The van der Waals surface area contributed by atoms with E-state index in [9.17, 15) is 18.0 Å². The second-order valence-corrected chi connectivity index (χ2v) is 9.79. The molecule has 3 aromatic rings. The Balaban J connectivity index is 1.81. The first kappa shape index (κ1) is 21.4. The molecule has 0 radical (unpaired) electrons. The van der Waals surface area contributed by atoms with Gasteiger partial charge in [0.1, 0.15) is 0 Å². The third-order valence-electron chi connectivity index (χ3n) is 5.48. The molecule has 0 bridgehead atoms. The number of aliphatic carboxylic acids is 1. The molecule has 4 rings (SSSR count). The molecule has 0 fully saturated rings. The fourth-order valence-corrected chi connectivity index (χ4v) is 5.87. The van der Waals surface area contributed by atoms with Gasteiger partial charge in [-0.3, -0.25) is 9.59 Å². The van der Waals surface area contributed by atoms with E-state index >= 15 is 0 Å². The maximum Gasteiger partial charge on any atom is 0.303 e. The van der Waals surface area contributed by atoms with Crippen molar-refractivity contribution in [2.75, 3.05) is 11.4 Å². The highest BCUT2D eigenvalue weighted by atomic mass is 35.5. The summed E-state index contributed by atoms with van der Waals surface area (Å²) in [5.41, 5.74) is 2.53. The van der Waals surface area contributed by atoms with Gasteiger partial charge in [-0.1, -0.05) is 11.6 Å². The summed E-state index contributed by atoms with van der Waals surface area (Å²) >= 11 is 6.09. The molecule has 0 spiro atoms. The van der Waals surface area contributed by atoms with Crippen LogP contribution in [0.3, 0.4) is 0 Å². The van der Waals surface area contributed by atoms with E-state index in [0.29, 0.717) is 47.4 Å². The molecule has 2 aromatic carbocycles. The van der Waals surface area contributed by atoms with E-state index < -0.39 is 16.0 Å². The summed E-state index contributed by atoms with van der Waals surface area (Å²) in [6, 6.07) is 11.5. The monoisotopic (exact) mass is 460 g/mol. The quantitative estimate of drug-likeness (QED) is 0.602. The number of aryl methyl sites for hydroxylation is 1. The highest BCUT2D eigenvalue weighted by Gasteiger charge is 2.27. The second-order valence-electron chi connectivity index (χ2n) is 7.57. The van der Waals surface area contributed by atoms with Gasteiger partial charge < -0.3 is 10.0 Å². The van der Waals surface area contributed by atoms with Crippen LogP contribution in [0.2, 0.25) is 5.02 Å². The molecule has 0 saturated carbocycles. The number of rotatable bonds is 6.